The van der Waals surface area contributed by atoms with E-state index in [1.165, 1.54) is 39.3 Å². The maximum atomic E-state index is 13.9. The number of benzene rings is 2. The summed E-state index contributed by atoms with van der Waals surface area (Å²) in [5, 5.41) is 4.40. The van der Waals surface area contributed by atoms with Crippen LogP contribution in [0.1, 0.15) is 94.1 Å². The average Bonchev–Trinajstić information content (AvgIpc) is 3.58. The normalized spacial score (nSPS) is 14.2. The summed E-state index contributed by atoms with van der Waals surface area (Å²) in [6, 6.07) is 13.5. The zero-order valence-corrected chi connectivity index (χ0v) is 27.2. The molecule has 0 unspecified atom stereocenters. The second-order valence-corrected chi connectivity index (χ2v) is 13.2. The Morgan fingerprint density at radius 2 is 1.66 bits per heavy atom. The lowest BCUT2D eigenvalue weighted by Crippen LogP contribution is -2.34. The highest BCUT2D eigenvalue weighted by atomic mass is 16.3. The molecule has 1 saturated heterocycles. The van der Waals surface area contributed by atoms with Crippen molar-refractivity contribution >= 4 is 45.3 Å². The minimum Gasteiger partial charge on any atom is -0.453 e. The lowest BCUT2D eigenvalue weighted by Gasteiger charge is -2.26. The molecule has 236 valence electrons. The number of nitrogens with one attached hydrogen (secondary N) is 1. The van der Waals surface area contributed by atoms with Crippen molar-refractivity contribution in [2.45, 2.75) is 79.7 Å². The molecule has 0 bridgehead atoms. The van der Waals surface area contributed by atoms with Gasteiger partial charge < -0.3 is 24.1 Å². The fraction of sp³-hybridized carbons (Fsp3) is 0.528. The van der Waals surface area contributed by atoms with Crippen molar-refractivity contribution in [2.75, 3.05) is 38.0 Å². The highest BCUT2D eigenvalue weighted by Crippen LogP contribution is 2.28. The minimum absolute atomic E-state index is 0.0930. The number of aryl methyl sites for hydroxylation is 1. The number of imidazole rings is 1. The number of anilines is 2. The number of hydrogen-bond donors (Lipinski definition) is 1. The van der Waals surface area contributed by atoms with E-state index in [4.69, 9.17) is 9.40 Å². The fourth-order valence-corrected chi connectivity index (χ4v) is 5.96. The number of fused-ring (bicyclic) bond motifs is 2. The third-order valence-electron chi connectivity index (χ3n) is 8.66. The fourth-order valence-electron chi connectivity index (χ4n) is 5.96. The number of ketones is 1. The van der Waals surface area contributed by atoms with Gasteiger partial charge in [-0.3, -0.25) is 9.59 Å². The van der Waals surface area contributed by atoms with Crippen LogP contribution in [0.4, 0.5) is 11.6 Å². The Labute approximate surface area is 261 Å². The van der Waals surface area contributed by atoms with Crippen molar-refractivity contribution in [3.05, 3.63) is 53.8 Å². The van der Waals surface area contributed by atoms with Crippen molar-refractivity contribution in [3.63, 3.8) is 0 Å². The molecule has 0 saturated carbocycles. The van der Waals surface area contributed by atoms with E-state index in [1.807, 2.05) is 41.3 Å². The number of rotatable bonds is 14. The van der Waals surface area contributed by atoms with Crippen LogP contribution in [0.3, 0.4) is 0 Å². The Morgan fingerprint density at radius 3 is 2.34 bits per heavy atom. The molecule has 1 aliphatic heterocycles. The molecule has 5 rings (SSSR count). The first-order chi connectivity index (χ1) is 21.2. The molecule has 1 fully saturated rings. The van der Waals surface area contributed by atoms with Gasteiger partial charge >= 0.3 is 0 Å². The number of furan rings is 1. The summed E-state index contributed by atoms with van der Waals surface area (Å²) < 4.78 is 7.92. The Morgan fingerprint density at radius 1 is 0.932 bits per heavy atom. The first kappa shape index (κ1) is 31.8. The maximum absolute atomic E-state index is 13.9. The smallest absolute Gasteiger partial charge is 0.253 e. The predicted molar refractivity (Wildman–Crippen MR) is 179 cm³/mol. The molecule has 1 aliphatic rings. The molecular formula is C36H49N5O3. The first-order valence-corrected chi connectivity index (χ1v) is 16.5. The van der Waals surface area contributed by atoms with E-state index < -0.39 is 0 Å². The first-order valence-electron chi connectivity index (χ1n) is 16.5. The predicted octanol–water partition coefficient (Wildman–Crippen LogP) is 8.14. The third-order valence-corrected chi connectivity index (χ3v) is 8.66. The number of Topliss-reactive ketones (excluding diaryl/α,β-unsaturated/α-hetero) is 1. The molecule has 0 aliphatic carbocycles. The molecule has 3 heterocycles. The number of amides is 1. The number of nitrogens with zero attached hydrogens (tertiary/aromatic N) is 4. The average molecular weight is 600 g/mol. The molecule has 0 radical (unpaired) electrons. The van der Waals surface area contributed by atoms with Crippen molar-refractivity contribution < 1.29 is 14.0 Å². The zero-order valence-electron chi connectivity index (χ0n) is 27.2. The maximum Gasteiger partial charge on any atom is 0.253 e. The minimum atomic E-state index is -0.0939. The van der Waals surface area contributed by atoms with Gasteiger partial charge in [-0.25, -0.2) is 4.98 Å². The van der Waals surface area contributed by atoms with Crippen LogP contribution < -0.4 is 5.32 Å². The van der Waals surface area contributed by atoms with Crippen molar-refractivity contribution in [3.8, 4) is 0 Å². The molecule has 0 atom stereocenters. The van der Waals surface area contributed by atoms with Gasteiger partial charge in [0.05, 0.1) is 11.0 Å². The van der Waals surface area contributed by atoms with Crippen LogP contribution >= 0.6 is 0 Å². The number of aromatic nitrogens is 2. The van der Waals surface area contributed by atoms with E-state index >= 15 is 0 Å². The summed E-state index contributed by atoms with van der Waals surface area (Å²) in [5.74, 6) is 2.18. The molecule has 2 aromatic heterocycles. The highest BCUT2D eigenvalue weighted by Gasteiger charge is 2.20. The lowest BCUT2D eigenvalue weighted by molar-refractivity contribution is 0.0740. The summed E-state index contributed by atoms with van der Waals surface area (Å²) in [5.41, 5.74) is 4.09. The lowest BCUT2D eigenvalue weighted by atomic mass is 10.1. The van der Waals surface area contributed by atoms with Crippen molar-refractivity contribution in [2.24, 2.45) is 11.8 Å². The van der Waals surface area contributed by atoms with Gasteiger partial charge in [-0.1, -0.05) is 34.1 Å². The van der Waals surface area contributed by atoms with Crippen LogP contribution in [0, 0.1) is 11.8 Å². The molecule has 8 heteroatoms. The number of piperidine rings is 1. The number of likely N-dealkylation sites (tertiary alicyclic amines) is 1. The molecule has 2 aromatic carbocycles. The van der Waals surface area contributed by atoms with E-state index in [9.17, 15) is 9.59 Å². The van der Waals surface area contributed by atoms with E-state index in [-0.39, 0.29) is 11.7 Å². The van der Waals surface area contributed by atoms with Crippen LogP contribution in [-0.2, 0) is 6.54 Å². The molecule has 4 aromatic rings. The van der Waals surface area contributed by atoms with Crippen molar-refractivity contribution in [1.29, 1.82) is 0 Å². The van der Waals surface area contributed by atoms with E-state index in [0.717, 1.165) is 73.5 Å². The molecular weight excluding hydrogens is 550 g/mol. The summed E-state index contributed by atoms with van der Waals surface area (Å²) in [6.45, 7) is 16.1. The summed E-state index contributed by atoms with van der Waals surface area (Å²) >= 11 is 0. The highest BCUT2D eigenvalue weighted by molar-refractivity contribution is 5.98. The van der Waals surface area contributed by atoms with E-state index in [0.29, 0.717) is 28.7 Å². The summed E-state index contributed by atoms with van der Waals surface area (Å²) in [4.78, 5) is 35.3. The summed E-state index contributed by atoms with van der Waals surface area (Å²) in [6.07, 6.45) is 6.85. The van der Waals surface area contributed by atoms with Gasteiger partial charge in [0.15, 0.2) is 11.5 Å². The number of carbonyl (C=O) groups excluding carboxylic acids is 2. The van der Waals surface area contributed by atoms with Gasteiger partial charge in [-0.2, -0.15) is 0 Å². The van der Waals surface area contributed by atoms with Crippen LogP contribution in [0.5, 0.6) is 0 Å². The van der Waals surface area contributed by atoms with Crippen LogP contribution in [0.2, 0.25) is 0 Å². The van der Waals surface area contributed by atoms with Crippen LogP contribution in [-0.4, -0.2) is 63.8 Å². The van der Waals surface area contributed by atoms with E-state index in [2.05, 4.69) is 42.5 Å². The van der Waals surface area contributed by atoms with Gasteiger partial charge in [-0.15, -0.1) is 0 Å². The third kappa shape index (κ3) is 7.89. The monoisotopic (exact) mass is 599 g/mol. The molecule has 0 spiro atoms. The number of hydrogen-bond acceptors (Lipinski definition) is 6. The second kappa shape index (κ2) is 14.4. The SMILES string of the molecule is CC(=O)c1cc2cc(Nc3nc4ccc(C(=O)N(CCC(C)C)CCC(C)C)cc4n3CCCN3CCCCC3)ccc2o1. The Bertz CT molecular complexity index is 1570. The Balaban J connectivity index is 1.44. The standard InChI is InChI=1S/C36H49N5O3/c1-25(2)14-20-40(21-15-26(3)4)35(43)28-10-12-31-32(23-28)41(19-9-18-39-16-7-6-8-17-39)36(38-31)37-30-11-13-33-29(22-30)24-34(44-33)27(5)42/h10-13,22-26H,6-9,14-21H2,1-5H3,(H,37,38). The van der Waals surface area contributed by atoms with Gasteiger partial charge in [-0.05, 0) is 106 Å². The largest absolute Gasteiger partial charge is 0.453 e. The van der Waals surface area contributed by atoms with Crippen molar-refractivity contribution in [1.82, 2.24) is 19.4 Å². The summed E-state index contributed by atoms with van der Waals surface area (Å²) in [7, 11) is 0. The Hall–Kier alpha value is -3.65. The van der Waals surface area contributed by atoms with Crippen LogP contribution in [0.15, 0.2) is 46.9 Å². The molecule has 8 nitrogen and oxygen atoms in total. The van der Waals surface area contributed by atoms with Gasteiger partial charge in [0.2, 0.25) is 5.95 Å². The molecule has 1 amide bonds. The van der Waals surface area contributed by atoms with Gasteiger partial charge in [0.25, 0.3) is 5.91 Å². The second-order valence-electron chi connectivity index (χ2n) is 13.2. The molecule has 1 N–H and O–H groups in total. The van der Waals surface area contributed by atoms with Gasteiger partial charge in [0.1, 0.15) is 5.58 Å². The zero-order chi connectivity index (χ0) is 31.2. The quantitative estimate of drug-likeness (QED) is 0.147. The van der Waals surface area contributed by atoms with E-state index in [1.54, 1.807) is 6.07 Å². The number of carbonyl (C=O) groups is 2. The van der Waals surface area contributed by atoms with Gasteiger partial charge in [0, 0.05) is 43.2 Å². The molecule has 44 heavy (non-hydrogen) atoms. The van der Waals surface area contributed by atoms with Crippen LogP contribution in [0.25, 0.3) is 22.0 Å². The Kier molecular flexibility index (Phi) is 10.4. The topological polar surface area (TPSA) is 83.6 Å².